The second kappa shape index (κ2) is 14.0. The second-order valence-corrected chi connectivity index (χ2v) is 14.1. The number of fused-ring (bicyclic) bond motifs is 2. The van der Waals surface area contributed by atoms with Crippen molar-refractivity contribution in [2.75, 3.05) is 30.0 Å². The van der Waals surface area contributed by atoms with Crippen molar-refractivity contribution in [2.45, 2.75) is 83.4 Å². The lowest BCUT2D eigenvalue weighted by Crippen LogP contribution is -2.38. The van der Waals surface area contributed by atoms with Gasteiger partial charge in [0.1, 0.15) is 24.3 Å². The van der Waals surface area contributed by atoms with Gasteiger partial charge in [0.15, 0.2) is 5.65 Å². The van der Waals surface area contributed by atoms with Gasteiger partial charge >= 0.3 is 6.03 Å². The SMILES string of the molecule is C[C@H]1CCCCN1c1nnc2ccc(O[C@@H]3CC[C@H](NC(=O)Nc4cc(C(C)(C)C)nn4-c4ccnc(OCCO)c4)c4ccccc43)cn12. The molecule has 5 aromatic rings. The highest BCUT2D eigenvalue weighted by Gasteiger charge is 2.31. The Morgan fingerprint density at radius 2 is 1.86 bits per heavy atom. The van der Waals surface area contributed by atoms with E-state index in [1.54, 1.807) is 23.0 Å². The molecule has 0 unspecified atom stereocenters. The molecule has 7 rings (SSSR count). The first kappa shape index (κ1) is 33.3. The van der Waals surface area contributed by atoms with Crippen molar-refractivity contribution in [2.24, 2.45) is 0 Å². The van der Waals surface area contributed by atoms with Crippen LogP contribution in [0.2, 0.25) is 0 Å². The highest BCUT2D eigenvalue weighted by atomic mass is 16.5. The first-order valence-electron chi connectivity index (χ1n) is 17.4. The normalized spacial score (nSPS) is 19.2. The molecule has 3 N–H and O–H groups in total. The number of aliphatic hydroxyl groups excluding tert-OH is 1. The van der Waals surface area contributed by atoms with E-state index in [1.165, 1.54) is 6.42 Å². The second-order valence-electron chi connectivity index (χ2n) is 14.1. The van der Waals surface area contributed by atoms with Crippen molar-refractivity contribution in [3.63, 3.8) is 0 Å². The smallest absolute Gasteiger partial charge is 0.320 e. The highest BCUT2D eigenvalue weighted by Crippen LogP contribution is 2.39. The first-order chi connectivity index (χ1) is 24.2. The molecular formula is C37H45N9O4. The van der Waals surface area contributed by atoms with E-state index in [2.05, 4.69) is 70.5 Å². The number of ether oxygens (including phenoxy) is 2. The van der Waals surface area contributed by atoms with Gasteiger partial charge in [-0.25, -0.2) is 14.5 Å². The Morgan fingerprint density at radius 3 is 2.66 bits per heavy atom. The Labute approximate surface area is 291 Å². The van der Waals surface area contributed by atoms with Gasteiger partial charge in [0.25, 0.3) is 0 Å². The lowest BCUT2D eigenvalue weighted by Gasteiger charge is -2.33. The molecule has 0 radical (unpaired) electrons. The van der Waals surface area contributed by atoms with E-state index in [1.807, 2.05) is 40.9 Å². The zero-order valence-electron chi connectivity index (χ0n) is 29.0. The molecule has 262 valence electrons. The fourth-order valence-electron chi connectivity index (χ4n) is 6.81. The summed E-state index contributed by atoms with van der Waals surface area (Å²) in [5.74, 6) is 2.47. The fraction of sp³-hybridized carbons (Fsp3) is 0.432. The number of pyridine rings is 2. The molecule has 0 saturated carbocycles. The average molecular weight is 680 g/mol. The van der Waals surface area contributed by atoms with Crippen LogP contribution in [-0.4, -0.2) is 66.3 Å². The van der Waals surface area contributed by atoms with Crippen molar-refractivity contribution in [3.05, 3.63) is 83.8 Å². The van der Waals surface area contributed by atoms with Gasteiger partial charge in [0.2, 0.25) is 11.8 Å². The van der Waals surface area contributed by atoms with Crippen LogP contribution < -0.4 is 25.0 Å². The number of carbonyl (C=O) groups excluding carboxylic acids is 1. The number of piperidine rings is 1. The molecule has 3 atom stereocenters. The van der Waals surface area contributed by atoms with Crippen LogP contribution in [0.25, 0.3) is 11.3 Å². The Hall–Kier alpha value is -5.17. The van der Waals surface area contributed by atoms with Crippen molar-refractivity contribution in [1.82, 2.24) is 34.7 Å². The van der Waals surface area contributed by atoms with Gasteiger partial charge in [-0.1, -0.05) is 45.0 Å². The summed E-state index contributed by atoms with van der Waals surface area (Å²) in [6.45, 7) is 9.43. The number of nitrogens with one attached hydrogen (secondary N) is 2. The molecule has 50 heavy (non-hydrogen) atoms. The molecule has 2 aliphatic rings. The molecule has 1 aliphatic heterocycles. The third kappa shape index (κ3) is 6.95. The van der Waals surface area contributed by atoms with Gasteiger partial charge < -0.3 is 24.8 Å². The number of nitrogens with zero attached hydrogens (tertiary/aromatic N) is 7. The van der Waals surface area contributed by atoms with Gasteiger partial charge in [-0.15, -0.1) is 10.2 Å². The third-order valence-corrected chi connectivity index (χ3v) is 9.46. The first-order valence-corrected chi connectivity index (χ1v) is 17.4. The van der Waals surface area contributed by atoms with E-state index in [9.17, 15) is 9.90 Å². The average Bonchev–Trinajstić information content (AvgIpc) is 3.73. The summed E-state index contributed by atoms with van der Waals surface area (Å²) in [5.41, 5.74) is 4.09. The zero-order chi connectivity index (χ0) is 34.8. The minimum atomic E-state index is -0.339. The predicted octanol–water partition coefficient (Wildman–Crippen LogP) is 6.13. The molecule has 1 aromatic carbocycles. The topological polar surface area (TPSA) is 144 Å². The maximum atomic E-state index is 13.6. The summed E-state index contributed by atoms with van der Waals surface area (Å²) in [7, 11) is 0. The Balaban J connectivity index is 1.08. The summed E-state index contributed by atoms with van der Waals surface area (Å²) in [6, 6.07) is 17.3. The maximum absolute atomic E-state index is 13.6. The molecule has 1 fully saturated rings. The number of aromatic nitrogens is 6. The minimum absolute atomic E-state index is 0.121. The number of urea groups is 1. The van der Waals surface area contributed by atoms with E-state index >= 15 is 0 Å². The molecule has 13 nitrogen and oxygen atoms in total. The van der Waals surface area contributed by atoms with Crippen molar-refractivity contribution >= 4 is 23.4 Å². The van der Waals surface area contributed by atoms with Crippen LogP contribution in [0.5, 0.6) is 11.6 Å². The number of benzene rings is 1. The van der Waals surface area contributed by atoms with Crippen LogP contribution in [-0.2, 0) is 5.41 Å². The molecule has 1 saturated heterocycles. The Bertz CT molecular complexity index is 1970. The van der Waals surface area contributed by atoms with Crippen molar-refractivity contribution in [3.8, 4) is 17.3 Å². The molecule has 1 aliphatic carbocycles. The zero-order valence-corrected chi connectivity index (χ0v) is 29.0. The number of hydrogen-bond donors (Lipinski definition) is 3. The Kier molecular flexibility index (Phi) is 9.32. The molecule has 13 heteroatoms. The van der Waals surface area contributed by atoms with Gasteiger partial charge in [0, 0.05) is 36.3 Å². The van der Waals surface area contributed by atoms with Crippen LogP contribution >= 0.6 is 0 Å². The van der Waals surface area contributed by atoms with E-state index in [-0.39, 0.29) is 36.8 Å². The lowest BCUT2D eigenvalue weighted by molar-refractivity contribution is 0.171. The van der Waals surface area contributed by atoms with E-state index in [4.69, 9.17) is 14.6 Å². The largest absolute Gasteiger partial charge is 0.484 e. The van der Waals surface area contributed by atoms with Gasteiger partial charge in [0.05, 0.1) is 30.2 Å². The molecule has 2 amide bonds. The summed E-state index contributed by atoms with van der Waals surface area (Å²) in [5, 5.41) is 29.2. The monoisotopic (exact) mass is 679 g/mol. The summed E-state index contributed by atoms with van der Waals surface area (Å²) < 4.78 is 15.9. The minimum Gasteiger partial charge on any atom is -0.484 e. The van der Waals surface area contributed by atoms with Crippen molar-refractivity contribution in [1.29, 1.82) is 0 Å². The van der Waals surface area contributed by atoms with E-state index in [0.717, 1.165) is 60.0 Å². The van der Waals surface area contributed by atoms with Crippen LogP contribution in [0, 0.1) is 0 Å². The van der Waals surface area contributed by atoms with Gasteiger partial charge in [-0.2, -0.15) is 5.10 Å². The standard InChI is InChI=1S/C37H45N9O4/c1-24-9-7-8-18-44(24)36-42-41-32-15-12-26(23-45(32)36)50-30-14-13-29(27-10-5-6-11-28(27)30)39-35(48)40-33-22-31(37(2,3)4)43-46(33)25-16-17-38-34(21-25)49-20-19-47/h5-6,10-12,15-17,21-24,29-30,47H,7-9,13-14,18-20H2,1-4H3,(H2,39,40,48)/t24-,29-,30+/m0/s1. The van der Waals surface area contributed by atoms with Crippen LogP contribution in [0.4, 0.5) is 16.6 Å². The molecule has 0 bridgehead atoms. The van der Waals surface area contributed by atoms with Crippen LogP contribution in [0.3, 0.4) is 0 Å². The van der Waals surface area contributed by atoms with Gasteiger partial charge in [-0.05, 0) is 68.4 Å². The molecule has 5 heterocycles. The van der Waals surface area contributed by atoms with E-state index < -0.39 is 0 Å². The predicted molar refractivity (Wildman–Crippen MR) is 190 cm³/mol. The quantitative estimate of drug-likeness (QED) is 0.168. The lowest BCUT2D eigenvalue weighted by atomic mass is 9.85. The number of aliphatic hydroxyl groups is 1. The van der Waals surface area contributed by atoms with Crippen molar-refractivity contribution < 1.29 is 19.4 Å². The molecule has 0 spiro atoms. The van der Waals surface area contributed by atoms with Crippen LogP contribution in [0.1, 0.15) is 88.8 Å². The number of carbonyl (C=O) groups is 1. The number of anilines is 2. The fourth-order valence-corrected chi connectivity index (χ4v) is 6.81. The maximum Gasteiger partial charge on any atom is 0.320 e. The summed E-state index contributed by atoms with van der Waals surface area (Å²) in [6.07, 6.45) is 8.37. The molecule has 4 aromatic heterocycles. The molecular weight excluding hydrogens is 634 g/mol. The van der Waals surface area contributed by atoms with E-state index in [0.29, 0.717) is 29.8 Å². The highest BCUT2D eigenvalue weighted by molar-refractivity contribution is 5.89. The Morgan fingerprint density at radius 1 is 1.02 bits per heavy atom. The summed E-state index contributed by atoms with van der Waals surface area (Å²) >= 11 is 0. The summed E-state index contributed by atoms with van der Waals surface area (Å²) in [4.78, 5) is 20.2. The van der Waals surface area contributed by atoms with Crippen LogP contribution in [0.15, 0.2) is 67.0 Å². The number of hydrogen-bond acceptors (Lipinski definition) is 9. The van der Waals surface area contributed by atoms with Gasteiger partial charge in [-0.3, -0.25) is 9.72 Å². The third-order valence-electron chi connectivity index (χ3n) is 9.46. The number of rotatable bonds is 9. The number of amides is 2.